The Labute approximate surface area is 111 Å². The van der Waals surface area contributed by atoms with Crippen molar-refractivity contribution in [3.63, 3.8) is 0 Å². The molecule has 0 bridgehead atoms. The summed E-state index contributed by atoms with van der Waals surface area (Å²) in [6, 6.07) is 10.1. The molecular weight excluding hydrogens is 248 g/mol. The first kappa shape index (κ1) is 11.9. The van der Waals surface area contributed by atoms with Crippen molar-refractivity contribution in [1.29, 1.82) is 0 Å². The molecule has 1 fully saturated rings. The van der Waals surface area contributed by atoms with Crippen molar-refractivity contribution < 1.29 is 4.74 Å². The Bertz CT molecular complexity index is 550. The second-order valence-corrected chi connectivity index (χ2v) is 4.89. The number of nitrogens with zero attached hydrogens (tertiary/aromatic N) is 1. The van der Waals surface area contributed by atoms with Gasteiger partial charge < -0.3 is 10.1 Å². The minimum atomic E-state index is 0.160. The van der Waals surface area contributed by atoms with Gasteiger partial charge in [-0.25, -0.2) is 4.98 Å². The van der Waals surface area contributed by atoms with E-state index in [1.165, 1.54) is 0 Å². The van der Waals surface area contributed by atoms with E-state index < -0.39 is 0 Å². The van der Waals surface area contributed by atoms with Crippen LogP contribution in [0.4, 0.5) is 0 Å². The number of benzene rings is 1. The third kappa shape index (κ3) is 2.34. The predicted octanol–water partition coefficient (Wildman–Crippen LogP) is 2.94. The molecule has 2 aromatic rings. The fraction of sp³-hybridized carbons (Fsp3) is 0.357. The van der Waals surface area contributed by atoms with E-state index in [9.17, 15) is 0 Å². The molecule has 0 aliphatic carbocycles. The molecule has 4 heteroatoms. The molecule has 1 aliphatic rings. The highest BCUT2D eigenvalue weighted by Gasteiger charge is 2.16. The quantitative estimate of drug-likeness (QED) is 0.858. The number of para-hydroxylation sites is 1. The van der Waals surface area contributed by atoms with Gasteiger partial charge in [-0.05, 0) is 25.1 Å². The molecule has 1 atom stereocenters. The minimum absolute atomic E-state index is 0.160. The summed E-state index contributed by atoms with van der Waals surface area (Å²) in [5.41, 5.74) is 1.86. The first-order chi connectivity index (χ1) is 8.84. The summed E-state index contributed by atoms with van der Waals surface area (Å²) in [6.07, 6.45) is 1.05. The zero-order valence-corrected chi connectivity index (χ0v) is 10.8. The number of nitrogens with one attached hydrogen (secondary N) is 1. The third-order valence-electron chi connectivity index (χ3n) is 3.19. The molecule has 0 radical (unpaired) electrons. The molecule has 3 rings (SSSR count). The van der Waals surface area contributed by atoms with E-state index >= 15 is 0 Å². The number of ether oxygens (including phenoxy) is 1. The van der Waals surface area contributed by atoms with Crippen LogP contribution in [0, 0.1) is 0 Å². The summed E-state index contributed by atoms with van der Waals surface area (Å²) < 4.78 is 5.57. The Hall–Kier alpha value is -1.16. The summed E-state index contributed by atoms with van der Waals surface area (Å²) in [7, 11) is 0. The van der Waals surface area contributed by atoms with E-state index in [1.807, 2.05) is 24.3 Å². The van der Waals surface area contributed by atoms with Crippen LogP contribution in [-0.2, 0) is 4.74 Å². The van der Waals surface area contributed by atoms with Gasteiger partial charge in [0.15, 0.2) is 0 Å². The summed E-state index contributed by atoms with van der Waals surface area (Å²) in [4.78, 5) is 4.67. The smallest absolute Gasteiger partial charge is 0.0892 e. The van der Waals surface area contributed by atoms with Crippen molar-refractivity contribution in [2.24, 2.45) is 0 Å². The van der Waals surface area contributed by atoms with Crippen LogP contribution < -0.4 is 5.32 Å². The van der Waals surface area contributed by atoms with Gasteiger partial charge in [-0.2, -0.15) is 0 Å². The molecule has 0 spiro atoms. The van der Waals surface area contributed by atoms with Crippen molar-refractivity contribution in [2.45, 2.75) is 12.5 Å². The van der Waals surface area contributed by atoms with Crippen molar-refractivity contribution in [3.8, 4) is 0 Å². The van der Waals surface area contributed by atoms with Crippen molar-refractivity contribution >= 4 is 22.5 Å². The van der Waals surface area contributed by atoms with Crippen LogP contribution in [0.25, 0.3) is 10.9 Å². The molecule has 1 aliphatic heterocycles. The Morgan fingerprint density at radius 1 is 1.28 bits per heavy atom. The SMILES string of the molecule is Clc1cccc2ccc(C3COCCCN3)nc12. The van der Waals surface area contributed by atoms with Gasteiger partial charge in [0, 0.05) is 12.0 Å². The van der Waals surface area contributed by atoms with Gasteiger partial charge in [-0.15, -0.1) is 0 Å². The van der Waals surface area contributed by atoms with Crippen LogP contribution in [0.15, 0.2) is 30.3 Å². The molecule has 1 saturated heterocycles. The Kier molecular flexibility index (Phi) is 3.46. The summed E-state index contributed by atoms with van der Waals surface area (Å²) >= 11 is 6.19. The number of halogens is 1. The highest BCUT2D eigenvalue weighted by Crippen LogP contribution is 2.24. The number of hydrogen-bond acceptors (Lipinski definition) is 3. The first-order valence-corrected chi connectivity index (χ1v) is 6.59. The molecule has 3 nitrogen and oxygen atoms in total. The van der Waals surface area contributed by atoms with Gasteiger partial charge >= 0.3 is 0 Å². The monoisotopic (exact) mass is 262 g/mol. The second kappa shape index (κ2) is 5.22. The molecule has 2 heterocycles. The Morgan fingerprint density at radius 2 is 2.22 bits per heavy atom. The summed E-state index contributed by atoms with van der Waals surface area (Å²) in [5.74, 6) is 0. The van der Waals surface area contributed by atoms with Crippen LogP contribution in [0.5, 0.6) is 0 Å². The lowest BCUT2D eigenvalue weighted by Crippen LogP contribution is -2.24. The average Bonchev–Trinajstić information content (AvgIpc) is 2.68. The van der Waals surface area contributed by atoms with E-state index in [0.717, 1.165) is 36.2 Å². The average molecular weight is 263 g/mol. The number of fused-ring (bicyclic) bond motifs is 1. The van der Waals surface area contributed by atoms with E-state index in [-0.39, 0.29) is 6.04 Å². The lowest BCUT2D eigenvalue weighted by molar-refractivity contribution is 0.131. The minimum Gasteiger partial charge on any atom is -0.379 e. The number of aromatic nitrogens is 1. The fourth-order valence-electron chi connectivity index (χ4n) is 2.22. The normalized spacial score (nSPS) is 20.8. The molecule has 1 aromatic heterocycles. The van der Waals surface area contributed by atoms with Crippen molar-refractivity contribution in [1.82, 2.24) is 10.3 Å². The van der Waals surface area contributed by atoms with Gasteiger partial charge in [-0.1, -0.05) is 29.8 Å². The van der Waals surface area contributed by atoms with Gasteiger partial charge in [0.1, 0.15) is 0 Å². The van der Waals surface area contributed by atoms with Gasteiger partial charge in [0.05, 0.1) is 28.9 Å². The standard InChI is InChI=1S/C14H15ClN2O/c15-11-4-1-3-10-5-6-12(17-14(10)11)13-9-18-8-2-7-16-13/h1,3-6,13,16H,2,7-9H2. The highest BCUT2D eigenvalue weighted by molar-refractivity contribution is 6.35. The summed E-state index contributed by atoms with van der Waals surface area (Å²) in [5, 5.41) is 5.22. The van der Waals surface area contributed by atoms with Crippen LogP contribution in [-0.4, -0.2) is 24.7 Å². The largest absolute Gasteiger partial charge is 0.379 e. The van der Waals surface area contributed by atoms with Gasteiger partial charge in [0.25, 0.3) is 0 Å². The maximum atomic E-state index is 6.19. The number of hydrogen-bond donors (Lipinski definition) is 1. The third-order valence-corrected chi connectivity index (χ3v) is 3.50. The van der Waals surface area contributed by atoms with Crippen LogP contribution in [0.2, 0.25) is 5.02 Å². The topological polar surface area (TPSA) is 34.1 Å². The van der Waals surface area contributed by atoms with Crippen LogP contribution in [0.1, 0.15) is 18.2 Å². The predicted molar refractivity (Wildman–Crippen MR) is 72.9 cm³/mol. The van der Waals surface area contributed by atoms with Crippen LogP contribution in [0.3, 0.4) is 0 Å². The first-order valence-electron chi connectivity index (χ1n) is 6.21. The van der Waals surface area contributed by atoms with E-state index in [4.69, 9.17) is 16.3 Å². The Balaban J connectivity index is 1.99. The molecule has 1 N–H and O–H groups in total. The molecule has 94 valence electrons. The van der Waals surface area contributed by atoms with E-state index in [2.05, 4.69) is 16.4 Å². The zero-order valence-electron chi connectivity index (χ0n) is 10.0. The Morgan fingerprint density at radius 3 is 3.17 bits per heavy atom. The molecule has 1 aromatic carbocycles. The van der Waals surface area contributed by atoms with E-state index in [1.54, 1.807) is 0 Å². The fourth-order valence-corrected chi connectivity index (χ4v) is 2.44. The maximum Gasteiger partial charge on any atom is 0.0892 e. The molecule has 0 amide bonds. The molecule has 1 unspecified atom stereocenters. The van der Waals surface area contributed by atoms with Crippen LogP contribution >= 0.6 is 11.6 Å². The number of rotatable bonds is 1. The highest BCUT2D eigenvalue weighted by atomic mass is 35.5. The number of pyridine rings is 1. The zero-order chi connectivity index (χ0) is 12.4. The molecule has 18 heavy (non-hydrogen) atoms. The second-order valence-electron chi connectivity index (χ2n) is 4.48. The van der Waals surface area contributed by atoms with Crippen molar-refractivity contribution in [3.05, 3.63) is 41.0 Å². The lowest BCUT2D eigenvalue weighted by Gasteiger charge is -2.15. The van der Waals surface area contributed by atoms with E-state index in [0.29, 0.717) is 11.6 Å². The lowest BCUT2D eigenvalue weighted by atomic mass is 10.1. The maximum absolute atomic E-state index is 6.19. The molecular formula is C14H15ClN2O. The van der Waals surface area contributed by atoms with Gasteiger partial charge in [0.2, 0.25) is 0 Å². The van der Waals surface area contributed by atoms with Crippen molar-refractivity contribution in [2.75, 3.05) is 19.8 Å². The molecule has 0 saturated carbocycles. The van der Waals surface area contributed by atoms with Gasteiger partial charge in [-0.3, -0.25) is 0 Å². The summed E-state index contributed by atoms with van der Waals surface area (Å²) in [6.45, 7) is 2.45.